The number of aromatic nitrogens is 2. The molecule has 1 aromatic carbocycles. The van der Waals surface area contributed by atoms with Gasteiger partial charge in [0.1, 0.15) is 0 Å². The van der Waals surface area contributed by atoms with Gasteiger partial charge in [-0.05, 0) is 50.8 Å². The molecule has 0 unspecified atom stereocenters. The minimum atomic E-state index is -0.170. The van der Waals surface area contributed by atoms with Crippen molar-refractivity contribution in [1.29, 1.82) is 0 Å². The lowest BCUT2D eigenvalue weighted by atomic mass is 9.85. The van der Waals surface area contributed by atoms with Crippen LogP contribution in [0.2, 0.25) is 0 Å². The Morgan fingerprint density at radius 2 is 2.07 bits per heavy atom. The minimum Gasteiger partial charge on any atom is -0.379 e. The summed E-state index contributed by atoms with van der Waals surface area (Å²) in [4.78, 5) is 15.1. The van der Waals surface area contributed by atoms with Gasteiger partial charge in [0.15, 0.2) is 0 Å². The smallest absolute Gasteiger partial charge is 0.222 e. The van der Waals surface area contributed by atoms with Gasteiger partial charge in [0.05, 0.1) is 6.20 Å². The zero-order valence-electron chi connectivity index (χ0n) is 17.7. The molecule has 1 amide bonds. The number of amides is 1. The molecule has 1 saturated heterocycles. The predicted octanol–water partition coefficient (Wildman–Crippen LogP) is 3.46. The largest absolute Gasteiger partial charge is 0.379 e. The van der Waals surface area contributed by atoms with Crippen molar-refractivity contribution >= 4 is 11.6 Å². The Labute approximate surface area is 173 Å². The Bertz CT molecular complexity index is 861. The summed E-state index contributed by atoms with van der Waals surface area (Å²) in [6.07, 6.45) is 6.75. The van der Waals surface area contributed by atoms with E-state index in [9.17, 15) is 4.79 Å². The molecule has 4 rings (SSSR count). The van der Waals surface area contributed by atoms with Gasteiger partial charge in [-0.15, -0.1) is 0 Å². The number of fused-ring (bicyclic) bond motifs is 1. The van der Waals surface area contributed by atoms with Gasteiger partial charge >= 0.3 is 0 Å². The molecule has 156 valence electrons. The number of anilines is 1. The molecule has 0 bridgehead atoms. The lowest BCUT2D eigenvalue weighted by Gasteiger charge is -2.37. The molecule has 0 saturated carbocycles. The van der Waals surface area contributed by atoms with Crippen LogP contribution in [0.1, 0.15) is 55.8 Å². The van der Waals surface area contributed by atoms with Crippen molar-refractivity contribution in [3.63, 3.8) is 0 Å². The zero-order chi connectivity index (χ0) is 20.3. The van der Waals surface area contributed by atoms with E-state index in [1.54, 1.807) is 0 Å². The van der Waals surface area contributed by atoms with Crippen molar-refractivity contribution in [2.75, 3.05) is 18.4 Å². The lowest BCUT2D eigenvalue weighted by Crippen LogP contribution is -2.46. The molecule has 2 N–H and O–H groups in total. The summed E-state index contributed by atoms with van der Waals surface area (Å²) in [5, 5.41) is 11.5. The van der Waals surface area contributed by atoms with Crippen LogP contribution in [0.5, 0.6) is 0 Å². The van der Waals surface area contributed by atoms with Gasteiger partial charge < -0.3 is 10.6 Å². The van der Waals surface area contributed by atoms with Crippen molar-refractivity contribution in [3.8, 4) is 0 Å². The first-order valence-corrected chi connectivity index (χ1v) is 10.9. The summed E-state index contributed by atoms with van der Waals surface area (Å²) in [5.74, 6) is 0.150. The first-order valence-electron chi connectivity index (χ1n) is 10.9. The van der Waals surface area contributed by atoms with Crippen LogP contribution in [0.4, 0.5) is 5.69 Å². The van der Waals surface area contributed by atoms with Crippen LogP contribution in [0.25, 0.3) is 0 Å². The molecular weight excluding hydrogens is 362 g/mol. The summed E-state index contributed by atoms with van der Waals surface area (Å²) < 4.78 is 2.12. The highest BCUT2D eigenvalue weighted by atomic mass is 16.1. The topological polar surface area (TPSA) is 62.2 Å². The maximum atomic E-state index is 12.5. The van der Waals surface area contributed by atoms with Gasteiger partial charge in [-0.1, -0.05) is 25.1 Å². The van der Waals surface area contributed by atoms with Crippen LogP contribution in [-0.2, 0) is 24.4 Å². The van der Waals surface area contributed by atoms with Gasteiger partial charge in [0, 0.05) is 55.1 Å². The molecule has 29 heavy (non-hydrogen) atoms. The van der Waals surface area contributed by atoms with Crippen LogP contribution in [0, 0.1) is 6.92 Å². The minimum absolute atomic E-state index is 0.150. The number of likely N-dealkylation sites (tertiary alicyclic amines) is 1. The van der Waals surface area contributed by atoms with Crippen molar-refractivity contribution in [3.05, 3.63) is 47.3 Å². The number of aryl methyl sites for hydroxylation is 1. The van der Waals surface area contributed by atoms with Gasteiger partial charge in [0.25, 0.3) is 0 Å². The number of hydrogen-bond acceptors (Lipinski definition) is 4. The third-order valence-corrected chi connectivity index (χ3v) is 6.46. The van der Waals surface area contributed by atoms with Crippen LogP contribution in [0.15, 0.2) is 30.5 Å². The van der Waals surface area contributed by atoms with Crippen LogP contribution in [0.3, 0.4) is 0 Å². The second-order valence-electron chi connectivity index (χ2n) is 8.62. The Balaban J connectivity index is 1.48. The molecule has 3 heterocycles. The van der Waals surface area contributed by atoms with E-state index >= 15 is 0 Å². The van der Waals surface area contributed by atoms with Crippen molar-refractivity contribution in [1.82, 2.24) is 20.0 Å². The highest BCUT2D eigenvalue weighted by Crippen LogP contribution is 2.33. The third kappa shape index (κ3) is 4.47. The molecule has 2 aromatic rings. The Morgan fingerprint density at radius 3 is 2.93 bits per heavy atom. The molecule has 1 spiro atoms. The van der Waals surface area contributed by atoms with E-state index in [2.05, 4.69) is 57.4 Å². The predicted molar refractivity (Wildman–Crippen MR) is 116 cm³/mol. The lowest BCUT2D eigenvalue weighted by molar-refractivity contribution is -0.122. The van der Waals surface area contributed by atoms with E-state index in [0.717, 1.165) is 57.5 Å². The summed E-state index contributed by atoms with van der Waals surface area (Å²) in [5.41, 5.74) is 4.76. The van der Waals surface area contributed by atoms with Gasteiger partial charge in [-0.25, -0.2) is 0 Å². The number of rotatable bonds is 4. The quantitative estimate of drug-likeness (QED) is 0.832. The number of carbonyl (C=O) groups excluding carboxylic acids is 1. The van der Waals surface area contributed by atoms with E-state index in [-0.39, 0.29) is 11.4 Å². The highest BCUT2D eigenvalue weighted by Gasteiger charge is 2.36. The molecule has 0 aliphatic carbocycles. The first kappa shape index (κ1) is 20.0. The Hall–Kier alpha value is -2.34. The maximum absolute atomic E-state index is 12.5. The number of nitrogens with one attached hydrogen (secondary N) is 2. The number of carbonyl (C=O) groups is 1. The van der Waals surface area contributed by atoms with Crippen LogP contribution < -0.4 is 10.6 Å². The number of hydrogen-bond donors (Lipinski definition) is 2. The van der Waals surface area contributed by atoms with Gasteiger partial charge in [-0.3, -0.25) is 14.4 Å². The van der Waals surface area contributed by atoms with Crippen molar-refractivity contribution in [2.24, 2.45) is 0 Å². The molecule has 1 fully saturated rings. The molecule has 2 aliphatic heterocycles. The van der Waals surface area contributed by atoms with Crippen LogP contribution >= 0.6 is 0 Å². The second kappa shape index (κ2) is 8.57. The molecular formula is C23H33N5O. The second-order valence-corrected chi connectivity index (χ2v) is 8.62. The average molecular weight is 396 g/mol. The fourth-order valence-corrected chi connectivity index (χ4v) is 4.72. The monoisotopic (exact) mass is 395 g/mol. The standard InChI is InChI=1S/C23H33N5O/c1-3-11-28-18(2)20(16-25-28)17-27-12-6-9-23(10-13-27)14-22(29)24-15-19-7-4-5-8-21(19)26-23/h4-5,7-8,16,26H,3,6,9-15,17H2,1-2H3,(H,24,29)/t23-/m1/s1. The first-order chi connectivity index (χ1) is 14.1. The fourth-order valence-electron chi connectivity index (χ4n) is 4.72. The number of para-hydroxylation sites is 1. The molecule has 1 aromatic heterocycles. The van der Waals surface area contributed by atoms with E-state index in [0.29, 0.717) is 13.0 Å². The maximum Gasteiger partial charge on any atom is 0.222 e. The van der Waals surface area contributed by atoms with Crippen molar-refractivity contribution in [2.45, 2.75) is 71.1 Å². The fraction of sp³-hybridized carbons (Fsp3) is 0.565. The van der Waals surface area contributed by atoms with E-state index in [1.165, 1.54) is 16.8 Å². The van der Waals surface area contributed by atoms with Crippen LogP contribution in [-0.4, -0.2) is 39.2 Å². The molecule has 6 heteroatoms. The zero-order valence-corrected chi connectivity index (χ0v) is 17.7. The molecule has 2 aliphatic rings. The molecule has 1 atom stereocenters. The van der Waals surface area contributed by atoms with Gasteiger partial charge in [-0.2, -0.15) is 5.10 Å². The van der Waals surface area contributed by atoms with E-state index in [1.807, 2.05) is 12.3 Å². The van der Waals surface area contributed by atoms with E-state index < -0.39 is 0 Å². The van der Waals surface area contributed by atoms with Crippen molar-refractivity contribution < 1.29 is 4.79 Å². The van der Waals surface area contributed by atoms with Gasteiger partial charge in [0.2, 0.25) is 5.91 Å². The SMILES string of the molecule is CCCn1ncc(CN2CCC[C@@]3(CC2)CC(=O)NCc2ccccc2N3)c1C. The number of benzene rings is 1. The third-order valence-electron chi connectivity index (χ3n) is 6.46. The average Bonchev–Trinajstić information content (AvgIpc) is 2.92. The Morgan fingerprint density at radius 1 is 1.21 bits per heavy atom. The normalized spacial score (nSPS) is 22.9. The summed E-state index contributed by atoms with van der Waals surface area (Å²) >= 11 is 0. The number of nitrogens with zero attached hydrogens (tertiary/aromatic N) is 3. The summed E-state index contributed by atoms with van der Waals surface area (Å²) in [6.45, 7) is 8.93. The van der Waals surface area contributed by atoms with E-state index in [4.69, 9.17) is 0 Å². The molecule has 0 radical (unpaired) electrons. The summed E-state index contributed by atoms with van der Waals surface area (Å²) in [6, 6.07) is 8.35. The highest BCUT2D eigenvalue weighted by molar-refractivity contribution is 5.79. The summed E-state index contributed by atoms with van der Waals surface area (Å²) in [7, 11) is 0. The molecule has 6 nitrogen and oxygen atoms in total. The Kier molecular flexibility index (Phi) is 5.90.